The van der Waals surface area contributed by atoms with Crippen LogP contribution in [0.3, 0.4) is 0 Å². The van der Waals surface area contributed by atoms with Crippen LogP contribution in [0.4, 0.5) is 0 Å². The maximum absolute atomic E-state index is 12.6. The molecular formula is C17H17N3O3S. The summed E-state index contributed by atoms with van der Waals surface area (Å²) in [6.45, 7) is 6.18. The summed E-state index contributed by atoms with van der Waals surface area (Å²) in [5, 5.41) is 14.5. The Labute approximate surface area is 142 Å². The van der Waals surface area contributed by atoms with Gasteiger partial charge in [-0.05, 0) is 50.1 Å². The van der Waals surface area contributed by atoms with Gasteiger partial charge in [-0.3, -0.25) is 4.79 Å². The SMILES string of the molecule is CCOc1cc(C=Nn2cnc3sc(C)c(C)c3c2=O)ccc1O. The van der Waals surface area contributed by atoms with Gasteiger partial charge in [0.25, 0.3) is 5.56 Å². The summed E-state index contributed by atoms with van der Waals surface area (Å²) in [6, 6.07) is 4.89. The van der Waals surface area contributed by atoms with Crippen LogP contribution >= 0.6 is 11.3 Å². The van der Waals surface area contributed by atoms with Gasteiger partial charge in [0.1, 0.15) is 11.2 Å². The molecule has 0 atom stereocenters. The van der Waals surface area contributed by atoms with Crippen molar-refractivity contribution in [2.24, 2.45) is 5.10 Å². The number of hydrogen-bond donors (Lipinski definition) is 1. The standard InChI is InChI=1S/C17H17N3O3S/c1-4-23-14-7-12(5-6-13(14)21)8-19-20-9-18-16-15(17(20)22)10(2)11(3)24-16/h5-9,21H,4H2,1-3H3. The summed E-state index contributed by atoms with van der Waals surface area (Å²) in [5.74, 6) is 0.449. The van der Waals surface area contributed by atoms with Crippen LogP contribution in [0, 0.1) is 13.8 Å². The van der Waals surface area contributed by atoms with E-state index in [9.17, 15) is 9.90 Å². The summed E-state index contributed by atoms with van der Waals surface area (Å²) in [6.07, 6.45) is 2.95. The van der Waals surface area contributed by atoms with Gasteiger partial charge in [-0.25, -0.2) is 4.98 Å². The topological polar surface area (TPSA) is 76.7 Å². The van der Waals surface area contributed by atoms with E-state index in [1.165, 1.54) is 34.6 Å². The lowest BCUT2D eigenvalue weighted by molar-refractivity contribution is 0.318. The number of rotatable bonds is 4. The number of aryl methyl sites for hydroxylation is 2. The molecule has 3 rings (SSSR count). The van der Waals surface area contributed by atoms with Crippen molar-refractivity contribution in [3.8, 4) is 11.5 Å². The number of phenolic OH excluding ortho intramolecular Hbond substituents is 1. The molecule has 0 radical (unpaired) electrons. The Morgan fingerprint density at radius 1 is 1.42 bits per heavy atom. The molecule has 0 fully saturated rings. The van der Waals surface area contributed by atoms with Crippen molar-refractivity contribution in [3.63, 3.8) is 0 Å². The van der Waals surface area contributed by atoms with Crippen LogP contribution in [0.2, 0.25) is 0 Å². The zero-order chi connectivity index (χ0) is 17.3. The fraction of sp³-hybridized carbons (Fsp3) is 0.235. The van der Waals surface area contributed by atoms with Gasteiger partial charge in [-0.2, -0.15) is 9.78 Å². The van der Waals surface area contributed by atoms with Crippen LogP contribution in [0.25, 0.3) is 10.2 Å². The second kappa shape index (κ2) is 6.45. The van der Waals surface area contributed by atoms with Gasteiger partial charge < -0.3 is 9.84 Å². The molecule has 0 saturated heterocycles. The van der Waals surface area contributed by atoms with E-state index < -0.39 is 0 Å². The third kappa shape index (κ3) is 2.90. The molecule has 0 unspecified atom stereocenters. The Balaban J connectivity index is 1.99. The highest BCUT2D eigenvalue weighted by Crippen LogP contribution is 2.26. The number of phenols is 1. The monoisotopic (exact) mass is 343 g/mol. The minimum Gasteiger partial charge on any atom is -0.504 e. The molecule has 0 aliphatic heterocycles. The number of aromatic nitrogens is 2. The number of thiophene rings is 1. The lowest BCUT2D eigenvalue weighted by Crippen LogP contribution is -2.16. The van der Waals surface area contributed by atoms with Gasteiger partial charge in [0, 0.05) is 4.88 Å². The van der Waals surface area contributed by atoms with Crippen LogP contribution in [0.15, 0.2) is 34.4 Å². The highest BCUT2D eigenvalue weighted by molar-refractivity contribution is 7.18. The van der Waals surface area contributed by atoms with Crippen LogP contribution in [0.1, 0.15) is 22.9 Å². The fourth-order valence-corrected chi connectivity index (χ4v) is 3.31. The second-order valence-electron chi connectivity index (χ2n) is 5.26. The highest BCUT2D eigenvalue weighted by Gasteiger charge is 2.11. The predicted molar refractivity (Wildman–Crippen MR) is 95.6 cm³/mol. The molecule has 0 aliphatic rings. The summed E-state index contributed by atoms with van der Waals surface area (Å²) < 4.78 is 6.56. The van der Waals surface area contributed by atoms with Gasteiger partial charge in [-0.15, -0.1) is 11.3 Å². The average Bonchev–Trinajstić information content (AvgIpc) is 2.85. The summed E-state index contributed by atoms with van der Waals surface area (Å²) in [7, 11) is 0. The number of nitrogens with zero attached hydrogens (tertiary/aromatic N) is 3. The minimum absolute atomic E-state index is 0.0682. The Morgan fingerprint density at radius 2 is 2.21 bits per heavy atom. The van der Waals surface area contributed by atoms with Gasteiger partial charge >= 0.3 is 0 Å². The van der Waals surface area contributed by atoms with E-state index in [4.69, 9.17) is 4.74 Å². The number of benzene rings is 1. The van der Waals surface area contributed by atoms with Crippen molar-refractivity contribution in [3.05, 3.63) is 50.9 Å². The molecule has 0 aliphatic carbocycles. The van der Waals surface area contributed by atoms with Crippen LogP contribution in [-0.4, -0.2) is 27.6 Å². The van der Waals surface area contributed by atoms with Gasteiger partial charge in [0.2, 0.25) is 0 Å². The van der Waals surface area contributed by atoms with Crippen molar-refractivity contribution < 1.29 is 9.84 Å². The lowest BCUT2D eigenvalue weighted by Gasteiger charge is -2.06. The molecule has 0 saturated carbocycles. The first-order valence-corrected chi connectivity index (χ1v) is 8.30. The Bertz CT molecular complexity index is 989. The van der Waals surface area contributed by atoms with E-state index in [1.54, 1.807) is 12.1 Å². The number of fused-ring (bicyclic) bond motifs is 1. The van der Waals surface area contributed by atoms with Crippen molar-refractivity contribution in [2.45, 2.75) is 20.8 Å². The van der Waals surface area contributed by atoms with Gasteiger partial charge in [-0.1, -0.05) is 0 Å². The Morgan fingerprint density at radius 3 is 2.96 bits per heavy atom. The molecule has 0 amide bonds. The summed E-state index contributed by atoms with van der Waals surface area (Å²) in [5.41, 5.74) is 1.46. The van der Waals surface area contributed by atoms with Gasteiger partial charge in [0.15, 0.2) is 11.5 Å². The van der Waals surface area contributed by atoms with E-state index in [1.807, 2.05) is 20.8 Å². The van der Waals surface area contributed by atoms with Crippen molar-refractivity contribution >= 4 is 27.8 Å². The minimum atomic E-state index is -0.193. The summed E-state index contributed by atoms with van der Waals surface area (Å²) >= 11 is 1.50. The maximum atomic E-state index is 12.6. The molecule has 1 aromatic carbocycles. The molecule has 2 aromatic heterocycles. The van der Waals surface area contributed by atoms with E-state index >= 15 is 0 Å². The van der Waals surface area contributed by atoms with E-state index in [0.717, 1.165) is 15.3 Å². The molecule has 2 heterocycles. The first-order valence-electron chi connectivity index (χ1n) is 7.48. The third-order valence-electron chi connectivity index (χ3n) is 3.69. The predicted octanol–water partition coefficient (Wildman–Crippen LogP) is 3.06. The molecule has 3 aromatic rings. The second-order valence-corrected chi connectivity index (χ2v) is 6.47. The van der Waals surface area contributed by atoms with Crippen molar-refractivity contribution in [1.29, 1.82) is 0 Å². The summed E-state index contributed by atoms with van der Waals surface area (Å²) in [4.78, 5) is 18.7. The van der Waals surface area contributed by atoms with Crippen molar-refractivity contribution in [2.75, 3.05) is 6.61 Å². The van der Waals surface area contributed by atoms with E-state index in [2.05, 4.69) is 10.1 Å². The van der Waals surface area contributed by atoms with Crippen LogP contribution in [-0.2, 0) is 0 Å². The molecule has 7 heteroatoms. The third-order valence-corrected chi connectivity index (χ3v) is 4.80. The molecule has 0 spiro atoms. The first-order chi connectivity index (χ1) is 11.5. The highest BCUT2D eigenvalue weighted by atomic mass is 32.1. The number of hydrogen-bond acceptors (Lipinski definition) is 6. The maximum Gasteiger partial charge on any atom is 0.282 e. The van der Waals surface area contributed by atoms with E-state index in [-0.39, 0.29) is 11.3 Å². The molecule has 1 N–H and O–H groups in total. The zero-order valence-corrected chi connectivity index (χ0v) is 14.4. The molecule has 0 bridgehead atoms. The number of ether oxygens (including phenoxy) is 1. The first kappa shape index (κ1) is 16.2. The smallest absolute Gasteiger partial charge is 0.282 e. The Hall–Kier alpha value is -2.67. The van der Waals surface area contributed by atoms with Crippen LogP contribution in [0.5, 0.6) is 11.5 Å². The molecule has 6 nitrogen and oxygen atoms in total. The normalized spacial score (nSPS) is 11.5. The average molecular weight is 343 g/mol. The van der Waals surface area contributed by atoms with Crippen molar-refractivity contribution in [1.82, 2.24) is 9.66 Å². The largest absolute Gasteiger partial charge is 0.504 e. The van der Waals surface area contributed by atoms with Gasteiger partial charge in [0.05, 0.1) is 18.2 Å². The zero-order valence-electron chi connectivity index (χ0n) is 13.6. The Kier molecular flexibility index (Phi) is 4.35. The lowest BCUT2D eigenvalue weighted by atomic mass is 10.2. The van der Waals surface area contributed by atoms with E-state index in [0.29, 0.717) is 23.3 Å². The molecule has 124 valence electrons. The number of aromatic hydroxyl groups is 1. The fourth-order valence-electron chi connectivity index (χ4n) is 2.32. The van der Waals surface area contributed by atoms with Crippen LogP contribution < -0.4 is 10.3 Å². The molecule has 24 heavy (non-hydrogen) atoms. The molecular weight excluding hydrogens is 326 g/mol. The quantitative estimate of drug-likeness (QED) is 0.739.